The standard InChI is InChI=1S/C15H11ClFN3OS/c1-9-8-10(17)2-3-11(9)18-13(21)5-4-12-14(16)19-15-20(12)6-7-22-15/h2-8H,1H3,(H,18,21)/b5-4+. The van der Waals surface area contributed by atoms with Crippen molar-refractivity contribution in [2.24, 2.45) is 0 Å². The van der Waals surface area contributed by atoms with Crippen LogP contribution in [0.3, 0.4) is 0 Å². The summed E-state index contributed by atoms with van der Waals surface area (Å²) in [4.78, 5) is 16.9. The smallest absolute Gasteiger partial charge is 0.248 e. The fraction of sp³-hybridized carbons (Fsp3) is 0.0667. The molecule has 0 aliphatic carbocycles. The highest BCUT2D eigenvalue weighted by molar-refractivity contribution is 7.15. The second kappa shape index (κ2) is 5.90. The fourth-order valence-electron chi connectivity index (χ4n) is 2.02. The fourth-order valence-corrected chi connectivity index (χ4v) is 3.03. The molecule has 2 aromatic heterocycles. The Kier molecular flexibility index (Phi) is 3.96. The summed E-state index contributed by atoms with van der Waals surface area (Å²) >= 11 is 7.51. The maximum Gasteiger partial charge on any atom is 0.248 e. The number of imidazole rings is 1. The molecule has 7 heteroatoms. The third-order valence-corrected chi connectivity index (χ3v) is 4.13. The number of hydrogen-bond acceptors (Lipinski definition) is 3. The molecule has 22 heavy (non-hydrogen) atoms. The van der Waals surface area contributed by atoms with Crippen molar-refractivity contribution in [2.75, 3.05) is 5.32 Å². The molecule has 0 aliphatic rings. The van der Waals surface area contributed by atoms with Gasteiger partial charge >= 0.3 is 0 Å². The summed E-state index contributed by atoms with van der Waals surface area (Å²) < 4.78 is 14.8. The molecule has 0 aliphatic heterocycles. The molecule has 0 spiro atoms. The lowest BCUT2D eigenvalue weighted by Gasteiger charge is -2.05. The molecular weight excluding hydrogens is 325 g/mol. The van der Waals surface area contributed by atoms with Gasteiger partial charge in [-0.1, -0.05) is 11.6 Å². The first-order valence-corrected chi connectivity index (χ1v) is 7.66. The van der Waals surface area contributed by atoms with E-state index in [-0.39, 0.29) is 11.7 Å². The molecule has 0 saturated heterocycles. The number of thiazole rings is 1. The van der Waals surface area contributed by atoms with E-state index < -0.39 is 0 Å². The summed E-state index contributed by atoms with van der Waals surface area (Å²) in [6.45, 7) is 1.73. The average Bonchev–Trinajstić information content (AvgIpc) is 3.00. The summed E-state index contributed by atoms with van der Waals surface area (Å²) in [5, 5.41) is 4.93. The number of nitrogens with one attached hydrogen (secondary N) is 1. The van der Waals surface area contributed by atoms with Gasteiger partial charge < -0.3 is 5.32 Å². The Labute approximate surface area is 134 Å². The third-order valence-electron chi connectivity index (χ3n) is 3.09. The number of halogens is 2. The van der Waals surface area contributed by atoms with E-state index in [4.69, 9.17) is 11.6 Å². The van der Waals surface area contributed by atoms with Crippen LogP contribution in [0, 0.1) is 12.7 Å². The Hall–Kier alpha value is -2.18. The van der Waals surface area contributed by atoms with Gasteiger partial charge in [-0.15, -0.1) is 11.3 Å². The second-order valence-electron chi connectivity index (χ2n) is 4.63. The van der Waals surface area contributed by atoms with E-state index in [1.807, 2.05) is 11.6 Å². The molecule has 0 unspecified atom stereocenters. The first kappa shape index (κ1) is 14.7. The first-order chi connectivity index (χ1) is 10.5. The second-order valence-corrected chi connectivity index (χ2v) is 5.86. The molecule has 2 heterocycles. The third kappa shape index (κ3) is 2.88. The van der Waals surface area contributed by atoms with Crippen molar-refractivity contribution in [3.05, 3.63) is 58.1 Å². The van der Waals surface area contributed by atoms with Crippen molar-refractivity contribution in [3.8, 4) is 0 Å². The van der Waals surface area contributed by atoms with Crippen molar-refractivity contribution in [1.82, 2.24) is 9.38 Å². The van der Waals surface area contributed by atoms with Crippen molar-refractivity contribution in [3.63, 3.8) is 0 Å². The molecule has 0 fully saturated rings. The van der Waals surface area contributed by atoms with Crippen molar-refractivity contribution < 1.29 is 9.18 Å². The SMILES string of the molecule is Cc1cc(F)ccc1NC(=O)/C=C/c1c(Cl)nc2sccn12. The van der Waals surface area contributed by atoms with Crippen LogP contribution in [0.15, 0.2) is 35.9 Å². The maximum atomic E-state index is 13.0. The molecule has 112 valence electrons. The number of fused-ring (bicyclic) bond motifs is 1. The van der Waals surface area contributed by atoms with E-state index in [1.165, 1.54) is 35.6 Å². The van der Waals surface area contributed by atoms with Crippen LogP contribution >= 0.6 is 22.9 Å². The van der Waals surface area contributed by atoms with Crippen LogP contribution in [-0.2, 0) is 4.79 Å². The Morgan fingerprint density at radius 1 is 1.50 bits per heavy atom. The van der Waals surface area contributed by atoms with Gasteiger partial charge in [-0.2, -0.15) is 0 Å². The number of aryl methyl sites for hydroxylation is 1. The molecule has 3 aromatic rings. The van der Waals surface area contributed by atoms with Gasteiger partial charge in [-0.3, -0.25) is 9.20 Å². The number of aromatic nitrogens is 2. The number of carbonyl (C=O) groups excluding carboxylic acids is 1. The molecule has 1 aromatic carbocycles. The lowest BCUT2D eigenvalue weighted by atomic mass is 10.2. The highest BCUT2D eigenvalue weighted by atomic mass is 35.5. The van der Waals surface area contributed by atoms with E-state index in [0.29, 0.717) is 22.1 Å². The molecule has 4 nitrogen and oxygen atoms in total. The van der Waals surface area contributed by atoms with Gasteiger partial charge in [-0.25, -0.2) is 9.37 Å². The molecule has 0 saturated carbocycles. The van der Waals surface area contributed by atoms with E-state index in [2.05, 4.69) is 10.3 Å². The Morgan fingerprint density at radius 2 is 2.32 bits per heavy atom. The normalized spacial score (nSPS) is 11.4. The Bertz CT molecular complexity index is 884. The zero-order chi connectivity index (χ0) is 15.7. The minimum absolute atomic E-state index is 0.323. The number of benzene rings is 1. The molecule has 1 N–H and O–H groups in total. The highest BCUT2D eigenvalue weighted by Crippen LogP contribution is 2.22. The highest BCUT2D eigenvalue weighted by Gasteiger charge is 2.09. The Morgan fingerprint density at radius 3 is 3.09 bits per heavy atom. The van der Waals surface area contributed by atoms with Gasteiger partial charge in [0.05, 0.1) is 5.69 Å². The van der Waals surface area contributed by atoms with Gasteiger partial charge in [0.2, 0.25) is 5.91 Å². The van der Waals surface area contributed by atoms with Gasteiger partial charge in [0.25, 0.3) is 0 Å². The predicted octanol–water partition coefficient (Wildman–Crippen LogP) is 4.15. The number of amides is 1. The average molecular weight is 336 g/mol. The van der Waals surface area contributed by atoms with Gasteiger partial charge in [0, 0.05) is 23.3 Å². The number of anilines is 1. The van der Waals surface area contributed by atoms with E-state index in [1.54, 1.807) is 17.4 Å². The zero-order valence-corrected chi connectivity index (χ0v) is 13.1. The summed E-state index contributed by atoms with van der Waals surface area (Å²) in [6, 6.07) is 4.19. The largest absolute Gasteiger partial charge is 0.322 e. The zero-order valence-electron chi connectivity index (χ0n) is 11.5. The van der Waals surface area contributed by atoms with Crippen LogP contribution in [0.4, 0.5) is 10.1 Å². The maximum absolute atomic E-state index is 13.0. The molecular formula is C15H11ClFN3OS. The van der Waals surface area contributed by atoms with Crippen LogP contribution in [-0.4, -0.2) is 15.3 Å². The van der Waals surface area contributed by atoms with E-state index in [0.717, 1.165) is 4.96 Å². The number of hydrogen-bond donors (Lipinski definition) is 1. The van der Waals surface area contributed by atoms with Crippen molar-refractivity contribution in [1.29, 1.82) is 0 Å². The summed E-state index contributed by atoms with van der Waals surface area (Å²) in [7, 11) is 0. The molecule has 0 radical (unpaired) electrons. The molecule has 1 amide bonds. The van der Waals surface area contributed by atoms with Gasteiger partial charge in [0.15, 0.2) is 10.1 Å². The number of carbonyl (C=O) groups is 1. The first-order valence-electron chi connectivity index (χ1n) is 6.41. The summed E-state index contributed by atoms with van der Waals surface area (Å²) in [5.74, 6) is -0.659. The lowest BCUT2D eigenvalue weighted by Crippen LogP contribution is -2.09. The van der Waals surface area contributed by atoms with Crippen LogP contribution in [0.1, 0.15) is 11.3 Å². The van der Waals surface area contributed by atoms with Crippen molar-refractivity contribution >= 4 is 45.6 Å². The molecule has 0 atom stereocenters. The Balaban J connectivity index is 1.79. The van der Waals surface area contributed by atoms with E-state index >= 15 is 0 Å². The van der Waals surface area contributed by atoms with Crippen LogP contribution in [0.5, 0.6) is 0 Å². The van der Waals surface area contributed by atoms with Crippen LogP contribution in [0.25, 0.3) is 11.0 Å². The minimum Gasteiger partial charge on any atom is -0.322 e. The predicted molar refractivity (Wildman–Crippen MR) is 86.9 cm³/mol. The quantitative estimate of drug-likeness (QED) is 0.731. The monoisotopic (exact) mass is 335 g/mol. The van der Waals surface area contributed by atoms with Gasteiger partial charge in [0.1, 0.15) is 5.82 Å². The number of rotatable bonds is 3. The van der Waals surface area contributed by atoms with Gasteiger partial charge in [-0.05, 0) is 36.8 Å². The molecule has 3 rings (SSSR count). The van der Waals surface area contributed by atoms with Crippen LogP contribution in [0.2, 0.25) is 5.15 Å². The summed E-state index contributed by atoms with van der Waals surface area (Å²) in [5.41, 5.74) is 1.87. The van der Waals surface area contributed by atoms with E-state index in [9.17, 15) is 9.18 Å². The number of nitrogens with zero attached hydrogens (tertiary/aromatic N) is 2. The molecule has 0 bridgehead atoms. The lowest BCUT2D eigenvalue weighted by molar-refractivity contribution is -0.111. The van der Waals surface area contributed by atoms with Crippen LogP contribution < -0.4 is 5.32 Å². The summed E-state index contributed by atoms with van der Waals surface area (Å²) in [6.07, 6.45) is 4.81. The minimum atomic E-state index is -0.336. The topological polar surface area (TPSA) is 46.4 Å². The van der Waals surface area contributed by atoms with Crippen molar-refractivity contribution in [2.45, 2.75) is 6.92 Å².